The van der Waals surface area contributed by atoms with E-state index in [9.17, 15) is 4.39 Å². The van der Waals surface area contributed by atoms with E-state index >= 15 is 0 Å². The Bertz CT molecular complexity index is 566. The summed E-state index contributed by atoms with van der Waals surface area (Å²) in [6, 6.07) is 5.32. The second kappa shape index (κ2) is 6.52. The number of para-hydroxylation sites is 1. The van der Waals surface area contributed by atoms with E-state index < -0.39 is 0 Å². The molecular weight excluding hydrogens is 257 g/mol. The molecule has 1 aromatic carbocycles. The molecule has 1 aromatic heterocycles. The van der Waals surface area contributed by atoms with Gasteiger partial charge in [0.15, 0.2) is 11.6 Å². The molecule has 0 aliphatic rings. The van der Waals surface area contributed by atoms with Crippen LogP contribution in [0.1, 0.15) is 25.0 Å². The van der Waals surface area contributed by atoms with Gasteiger partial charge in [0, 0.05) is 37.0 Å². The van der Waals surface area contributed by atoms with Gasteiger partial charge in [-0.1, -0.05) is 26.0 Å². The molecule has 0 saturated carbocycles. The van der Waals surface area contributed by atoms with Gasteiger partial charge in [0.25, 0.3) is 0 Å². The van der Waals surface area contributed by atoms with E-state index in [0.717, 1.165) is 11.1 Å². The van der Waals surface area contributed by atoms with Crippen molar-refractivity contribution in [3.05, 3.63) is 47.5 Å². The molecule has 0 unspecified atom stereocenters. The third-order valence-electron chi connectivity index (χ3n) is 2.89. The van der Waals surface area contributed by atoms with Crippen molar-refractivity contribution in [1.82, 2.24) is 15.1 Å². The minimum Gasteiger partial charge on any atom is -0.485 e. The average molecular weight is 277 g/mol. The molecule has 0 aliphatic heterocycles. The van der Waals surface area contributed by atoms with Crippen LogP contribution in [-0.4, -0.2) is 15.8 Å². The SMILES string of the molecule is CC(C)NCc1cccc(F)c1OCc1cnn(C)c1. The van der Waals surface area contributed by atoms with Crippen LogP contribution in [0, 0.1) is 5.82 Å². The summed E-state index contributed by atoms with van der Waals surface area (Å²) < 4.78 is 21.2. The molecule has 2 rings (SSSR count). The van der Waals surface area contributed by atoms with Gasteiger partial charge in [-0.3, -0.25) is 4.68 Å². The second-order valence-corrected chi connectivity index (χ2v) is 5.07. The Morgan fingerprint density at radius 3 is 2.85 bits per heavy atom. The smallest absolute Gasteiger partial charge is 0.165 e. The summed E-state index contributed by atoms with van der Waals surface area (Å²) in [7, 11) is 1.84. The van der Waals surface area contributed by atoms with Gasteiger partial charge in [-0.25, -0.2) is 4.39 Å². The molecule has 1 heterocycles. The highest BCUT2D eigenvalue weighted by atomic mass is 19.1. The highest BCUT2D eigenvalue weighted by molar-refractivity contribution is 5.35. The summed E-state index contributed by atoms with van der Waals surface area (Å²) in [4.78, 5) is 0. The van der Waals surface area contributed by atoms with Crippen LogP contribution in [-0.2, 0) is 20.2 Å². The zero-order valence-corrected chi connectivity index (χ0v) is 12.1. The number of hydrogen-bond acceptors (Lipinski definition) is 3. The molecule has 1 N–H and O–H groups in total. The lowest BCUT2D eigenvalue weighted by Gasteiger charge is -2.14. The molecular formula is C15H20FN3O. The van der Waals surface area contributed by atoms with Gasteiger partial charge in [0.05, 0.1) is 6.20 Å². The summed E-state index contributed by atoms with van der Waals surface area (Å²) in [6.07, 6.45) is 3.57. The van der Waals surface area contributed by atoms with E-state index in [-0.39, 0.29) is 5.82 Å². The fourth-order valence-corrected chi connectivity index (χ4v) is 1.87. The van der Waals surface area contributed by atoms with Crippen LogP contribution in [0.4, 0.5) is 4.39 Å². The van der Waals surface area contributed by atoms with Crippen LogP contribution < -0.4 is 10.1 Å². The van der Waals surface area contributed by atoms with Gasteiger partial charge in [0.2, 0.25) is 0 Å². The minimum atomic E-state index is -0.336. The number of nitrogens with zero attached hydrogens (tertiary/aromatic N) is 2. The maximum atomic E-state index is 13.9. The first-order valence-corrected chi connectivity index (χ1v) is 6.67. The highest BCUT2D eigenvalue weighted by Gasteiger charge is 2.10. The van der Waals surface area contributed by atoms with Crippen LogP contribution in [0.25, 0.3) is 0 Å². The third-order valence-corrected chi connectivity index (χ3v) is 2.89. The third kappa shape index (κ3) is 3.81. The summed E-state index contributed by atoms with van der Waals surface area (Å²) in [6.45, 7) is 4.99. The van der Waals surface area contributed by atoms with E-state index in [4.69, 9.17) is 4.74 Å². The largest absolute Gasteiger partial charge is 0.485 e. The number of aromatic nitrogens is 2. The summed E-state index contributed by atoms with van der Waals surface area (Å²) >= 11 is 0. The Balaban J connectivity index is 2.08. The second-order valence-electron chi connectivity index (χ2n) is 5.07. The molecule has 0 bridgehead atoms. The standard InChI is InChI=1S/C15H20FN3O/c1-11(2)17-8-13-5-4-6-14(16)15(13)20-10-12-7-18-19(3)9-12/h4-7,9,11,17H,8,10H2,1-3H3. The predicted octanol–water partition coefficient (Wildman–Crippen LogP) is 2.64. The van der Waals surface area contributed by atoms with Crippen molar-refractivity contribution in [2.24, 2.45) is 7.05 Å². The van der Waals surface area contributed by atoms with Crippen molar-refractivity contribution < 1.29 is 9.13 Å². The highest BCUT2D eigenvalue weighted by Crippen LogP contribution is 2.23. The van der Waals surface area contributed by atoms with Gasteiger partial charge in [0.1, 0.15) is 6.61 Å². The maximum absolute atomic E-state index is 13.9. The molecule has 20 heavy (non-hydrogen) atoms. The van der Waals surface area contributed by atoms with Crippen molar-refractivity contribution in [2.75, 3.05) is 0 Å². The molecule has 108 valence electrons. The number of benzene rings is 1. The maximum Gasteiger partial charge on any atom is 0.165 e. The van der Waals surface area contributed by atoms with Crippen molar-refractivity contribution in [3.8, 4) is 5.75 Å². The topological polar surface area (TPSA) is 39.1 Å². The van der Waals surface area contributed by atoms with Gasteiger partial charge >= 0.3 is 0 Å². The first-order valence-electron chi connectivity index (χ1n) is 6.67. The first-order chi connectivity index (χ1) is 9.56. The summed E-state index contributed by atoms with van der Waals surface area (Å²) in [5, 5.41) is 7.33. The van der Waals surface area contributed by atoms with Crippen LogP contribution in [0.5, 0.6) is 5.75 Å². The molecule has 4 nitrogen and oxygen atoms in total. The number of nitrogens with one attached hydrogen (secondary N) is 1. The molecule has 5 heteroatoms. The van der Waals surface area contributed by atoms with E-state index in [1.165, 1.54) is 6.07 Å². The first kappa shape index (κ1) is 14.5. The molecule has 0 atom stereocenters. The predicted molar refractivity (Wildman–Crippen MR) is 75.9 cm³/mol. The Morgan fingerprint density at radius 1 is 1.40 bits per heavy atom. The number of aryl methyl sites for hydroxylation is 1. The molecule has 0 aliphatic carbocycles. The van der Waals surface area contributed by atoms with Gasteiger partial charge in [-0.05, 0) is 6.07 Å². The number of hydrogen-bond donors (Lipinski definition) is 1. The average Bonchev–Trinajstić information content (AvgIpc) is 2.81. The van der Waals surface area contributed by atoms with Crippen LogP contribution >= 0.6 is 0 Å². The zero-order chi connectivity index (χ0) is 14.5. The Hall–Kier alpha value is -1.88. The van der Waals surface area contributed by atoms with Gasteiger partial charge < -0.3 is 10.1 Å². The zero-order valence-electron chi connectivity index (χ0n) is 12.1. The fraction of sp³-hybridized carbons (Fsp3) is 0.400. The number of rotatable bonds is 6. The minimum absolute atomic E-state index is 0.309. The number of halogens is 1. The lowest BCUT2D eigenvalue weighted by atomic mass is 10.2. The van der Waals surface area contributed by atoms with Crippen molar-refractivity contribution in [1.29, 1.82) is 0 Å². The molecule has 2 aromatic rings. The molecule has 0 saturated heterocycles. The lowest BCUT2D eigenvalue weighted by Crippen LogP contribution is -2.22. The Morgan fingerprint density at radius 2 is 2.20 bits per heavy atom. The van der Waals surface area contributed by atoms with E-state index in [1.54, 1.807) is 16.9 Å². The van der Waals surface area contributed by atoms with Gasteiger partial charge in [-0.2, -0.15) is 5.10 Å². The van der Waals surface area contributed by atoms with E-state index in [0.29, 0.717) is 24.9 Å². The molecule has 0 radical (unpaired) electrons. The van der Waals surface area contributed by atoms with E-state index in [1.807, 2.05) is 19.3 Å². The van der Waals surface area contributed by atoms with E-state index in [2.05, 4.69) is 24.3 Å². The fourth-order valence-electron chi connectivity index (χ4n) is 1.87. The van der Waals surface area contributed by atoms with Crippen molar-refractivity contribution in [2.45, 2.75) is 33.0 Å². The van der Waals surface area contributed by atoms with Crippen molar-refractivity contribution in [3.63, 3.8) is 0 Å². The molecule has 0 amide bonds. The van der Waals surface area contributed by atoms with Crippen LogP contribution in [0.15, 0.2) is 30.6 Å². The summed E-state index contributed by atoms with van der Waals surface area (Å²) in [5.41, 5.74) is 1.74. The number of ether oxygens (including phenoxy) is 1. The van der Waals surface area contributed by atoms with Crippen LogP contribution in [0.2, 0.25) is 0 Å². The van der Waals surface area contributed by atoms with Crippen LogP contribution in [0.3, 0.4) is 0 Å². The Kier molecular flexibility index (Phi) is 4.74. The molecule has 0 fully saturated rings. The molecule has 0 spiro atoms. The summed E-state index contributed by atoms with van der Waals surface area (Å²) in [5.74, 6) is -0.0264. The lowest BCUT2D eigenvalue weighted by molar-refractivity contribution is 0.285. The Labute approximate surface area is 118 Å². The van der Waals surface area contributed by atoms with Gasteiger partial charge in [-0.15, -0.1) is 0 Å². The monoisotopic (exact) mass is 277 g/mol. The van der Waals surface area contributed by atoms with Crippen molar-refractivity contribution >= 4 is 0 Å². The normalized spacial score (nSPS) is 11.1. The quantitative estimate of drug-likeness (QED) is 0.882.